The fraction of sp³-hybridized carbons (Fsp3) is 0.136. The van der Waals surface area contributed by atoms with E-state index >= 15 is 0 Å². The van der Waals surface area contributed by atoms with Gasteiger partial charge < -0.3 is 4.74 Å². The summed E-state index contributed by atoms with van der Waals surface area (Å²) in [6.07, 6.45) is 0. The van der Waals surface area contributed by atoms with Crippen LogP contribution >= 0.6 is 11.3 Å². The standard InChI is InChI=1S/C22H18FN3O2S/c1-15-6-8-17(9-7-15)28-13-21-24-16(14-29-21)12-26-22(27)11-10-20(25-26)18-4-2-3-5-19(18)23/h2-11,14H,12-13H2,1H3. The number of aryl methyl sites for hydroxylation is 1. The van der Waals surface area contributed by atoms with Crippen LogP contribution in [0, 0.1) is 12.7 Å². The summed E-state index contributed by atoms with van der Waals surface area (Å²) >= 11 is 1.46. The van der Waals surface area contributed by atoms with Crippen LogP contribution in [-0.4, -0.2) is 14.8 Å². The zero-order chi connectivity index (χ0) is 20.2. The van der Waals surface area contributed by atoms with Crippen molar-refractivity contribution >= 4 is 11.3 Å². The highest BCUT2D eigenvalue weighted by molar-refractivity contribution is 7.09. The number of hydrogen-bond donors (Lipinski definition) is 0. The van der Waals surface area contributed by atoms with Crippen LogP contribution in [0.3, 0.4) is 0 Å². The van der Waals surface area contributed by atoms with Crippen LogP contribution in [0.5, 0.6) is 5.75 Å². The first kappa shape index (κ1) is 19.0. The SMILES string of the molecule is Cc1ccc(OCc2nc(Cn3nc(-c4ccccc4F)ccc3=O)cs2)cc1. The quantitative estimate of drug-likeness (QED) is 0.474. The third kappa shape index (κ3) is 4.57. The number of rotatable bonds is 6. The number of benzene rings is 2. The molecule has 0 fully saturated rings. The van der Waals surface area contributed by atoms with Gasteiger partial charge in [0.1, 0.15) is 23.2 Å². The number of halogens is 1. The van der Waals surface area contributed by atoms with E-state index in [1.165, 1.54) is 39.8 Å². The van der Waals surface area contributed by atoms with Crippen LogP contribution in [0.2, 0.25) is 0 Å². The Labute approximate surface area is 171 Å². The van der Waals surface area contributed by atoms with E-state index in [1.54, 1.807) is 18.2 Å². The molecule has 2 aromatic carbocycles. The van der Waals surface area contributed by atoms with Crippen molar-refractivity contribution in [3.8, 4) is 17.0 Å². The molecule has 0 saturated carbocycles. The maximum Gasteiger partial charge on any atom is 0.267 e. The summed E-state index contributed by atoms with van der Waals surface area (Å²) in [4.78, 5) is 16.7. The van der Waals surface area contributed by atoms with E-state index < -0.39 is 0 Å². The zero-order valence-electron chi connectivity index (χ0n) is 15.7. The Balaban J connectivity index is 1.48. The van der Waals surface area contributed by atoms with Gasteiger partial charge >= 0.3 is 0 Å². The highest BCUT2D eigenvalue weighted by Gasteiger charge is 2.10. The molecule has 2 aromatic heterocycles. The Morgan fingerprint density at radius 3 is 2.66 bits per heavy atom. The fourth-order valence-electron chi connectivity index (χ4n) is 2.80. The summed E-state index contributed by atoms with van der Waals surface area (Å²) in [5.74, 6) is 0.400. The molecule has 0 spiro atoms. The molecule has 5 nitrogen and oxygen atoms in total. The topological polar surface area (TPSA) is 57.0 Å². The molecule has 0 N–H and O–H groups in total. The van der Waals surface area contributed by atoms with Crippen LogP contribution in [0.4, 0.5) is 4.39 Å². The van der Waals surface area contributed by atoms with Crippen LogP contribution in [0.1, 0.15) is 16.3 Å². The Kier molecular flexibility index (Phi) is 5.48. The van der Waals surface area contributed by atoms with Crippen LogP contribution in [-0.2, 0) is 13.2 Å². The van der Waals surface area contributed by atoms with Gasteiger partial charge in [-0.25, -0.2) is 14.1 Å². The molecule has 146 valence electrons. The van der Waals surface area contributed by atoms with Crippen molar-refractivity contribution in [3.63, 3.8) is 0 Å². The average molecular weight is 407 g/mol. The van der Waals surface area contributed by atoms with Crippen molar-refractivity contribution in [2.45, 2.75) is 20.1 Å². The maximum atomic E-state index is 14.0. The largest absolute Gasteiger partial charge is 0.486 e. The smallest absolute Gasteiger partial charge is 0.267 e. The first-order valence-electron chi connectivity index (χ1n) is 9.04. The van der Waals surface area contributed by atoms with Crippen LogP contribution < -0.4 is 10.3 Å². The van der Waals surface area contributed by atoms with E-state index in [-0.39, 0.29) is 17.9 Å². The van der Waals surface area contributed by atoms with Crippen molar-refractivity contribution in [1.29, 1.82) is 0 Å². The molecule has 4 aromatic rings. The minimum absolute atomic E-state index is 0.210. The van der Waals surface area contributed by atoms with Gasteiger partial charge in [0.05, 0.1) is 17.9 Å². The van der Waals surface area contributed by atoms with Crippen LogP contribution in [0.25, 0.3) is 11.3 Å². The highest BCUT2D eigenvalue weighted by Crippen LogP contribution is 2.20. The van der Waals surface area contributed by atoms with Crippen molar-refractivity contribution in [3.05, 3.63) is 98.5 Å². The number of nitrogens with zero attached hydrogens (tertiary/aromatic N) is 3. The Bertz CT molecular complexity index is 1190. The molecule has 29 heavy (non-hydrogen) atoms. The molecule has 0 atom stereocenters. The lowest BCUT2D eigenvalue weighted by molar-refractivity contribution is 0.305. The first-order chi connectivity index (χ1) is 14.1. The molecule has 2 heterocycles. The molecule has 0 aliphatic heterocycles. The minimum atomic E-state index is -0.380. The van der Waals surface area contributed by atoms with Crippen molar-refractivity contribution in [2.75, 3.05) is 0 Å². The summed E-state index contributed by atoms with van der Waals surface area (Å²) in [6, 6.07) is 17.1. The second kappa shape index (κ2) is 8.36. The molecule has 4 rings (SSSR count). The molecular formula is C22H18FN3O2S. The molecule has 0 amide bonds. The maximum absolute atomic E-state index is 14.0. The second-order valence-electron chi connectivity index (χ2n) is 6.53. The third-order valence-corrected chi connectivity index (χ3v) is 5.18. The van der Waals surface area contributed by atoms with E-state index in [9.17, 15) is 9.18 Å². The van der Waals surface area contributed by atoms with Gasteiger partial charge in [0.15, 0.2) is 0 Å². The molecular weight excluding hydrogens is 389 g/mol. The minimum Gasteiger partial charge on any atom is -0.486 e. The van der Waals surface area contributed by atoms with Crippen molar-refractivity contribution < 1.29 is 9.13 Å². The van der Waals surface area contributed by atoms with Gasteiger partial charge in [0, 0.05) is 17.0 Å². The number of ether oxygens (including phenoxy) is 1. The molecule has 0 saturated heterocycles. The normalized spacial score (nSPS) is 10.8. The predicted octanol–water partition coefficient (Wildman–Crippen LogP) is 4.44. The van der Waals surface area contributed by atoms with Gasteiger partial charge in [-0.1, -0.05) is 29.8 Å². The molecule has 0 radical (unpaired) electrons. The van der Waals surface area contributed by atoms with Gasteiger partial charge in [0.2, 0.25) is 0 Å². The molecule has 0 bridgehead atoms. The monoisotopic (exact) mass is 407 g/mol. The van der Waals surface area contributed by atoms with Crippen molar-refractivity contribution in [2.24, 2.45) is 0 Å². The Morgan fingerprint density at radius 2 is 1.86 bits per heavy atom. The fourth-order valence-corrected chi connectivity index (χ4v) is 3.49. The van der Waals surface area contributed by atoms with E-state index in [0.717, 1.165) is 10.8 Å². The Hall–Kier alpha value is -3.32. The summed E-state index contributed by atoms with van der Waals surface area (Å²) < 4.78 is 21.1. The summed E-state index contributed by atoms with van der Waals surface area (Å²) in [5.41, 5.74) is 2.37. The lowest BCUT2D eigenvalue weighted by Gasteiger charge is -2.07. The Morgan fingerprint density at radius 1 is 1.07 bits per heavy atom. The predicted molar refractivity (Wildman–Crippen MR) is 111 cm³/mol. The number of hydrogen-bond acceptors (Lipinski definition) is 5. The summed E-state index contributed by atoms with van der Waals surface area (Å²) in [6.45, 7) is 2.58. The van der Waals surface area contributed by atoms with Gasteiger partial charge in [0.25, 0.3) is 5.56 Å². The van der Waals surface area contributed by atoms with Gasteiger partial charge in [-0.15, -0.1) is 11.3 Å². The first-order valence-corrected chi connectivity index (χ1v) is 9.92. The van der Waals surface area contributed by atoms with E-state index in [0.29, 0.717) is 23.6 Å². The lowest BCUT2D eigenvalue weighted by atomic mass is 10.1. The summed E-state index contributed by atoms with van der Waals surface area (Å²) in [7, 11) is 0. The van der Waals surface area contributed by atoms with E-state index in [4.69, 9.17) is 4.74 Å². The third-order valence-electron chi connectivity index (χ3n) is 4.31. The van der Waals surface area contributed by atoms with Gasteiger partial charge in [-0.3, -0.25) is 4.79 Å². The van der Waals surface area contributed by atoms with Gasteiger partial charge in [-0.05, 0) is 37.3 Å². The zero-order valence-corrected chi connectivity index (χ0v) is 16.5. The molecule has 0 aliphatic carbocycles. The second-order valence-corrected chi connectivity index (χ2v) is 7.47. The average Bonchev–Trinajstić information content (AvgIpc) is 3.17. The van der Waals surface area contributed by atoms with Gasteiger partial charge in [-0.2, -0.15) is 5.10 Å². The lowest BCUT2D eigenvalue weighted by Crippen LogP contribution is -2.23. The van der Waals surface area contributed by atoms with E-state index in [1.807, 2.05) is 36.6 Å². The number of thiazole rings is 1. The molecule has 0 aliphatic rings. The van der Waals surface area contributed by atoms with Crippen LogP contribution in [0.15, 0.2) is 70.8 Å². The van der Waals surface area contributed by atoms with Crippen molar-refractivity contribution in [1.82, 2.24) is 14.8 Å². The number of aromatic nitrogens is 3. The summed E-state index contributed by atoms with van der Waals surface area (Å²) in [5, 5.41) is 6.98. The highest BCUT2D eigenvalue weighted by atomic mass is 32.1. The molecule has 0 unspecified atom stereocenters. The molecule has 7 heteroatoms. The van der Waals surface area contributed by atoms with E-state index in [2.05, 4.69) is 10.1 Å².